The first-order valence-electron chi connectivity index (χ1n) is 9.04. The summed E-state index contributed by atoms with van der Waals surface area (Å²) in [7, 11) is 0. The van der Waals surface area contributed by atoms with Crippen molar-refractivity contribution >= 4 is 22.8 Å². The van der Waals surface area contributed by atoms with Crippen LogP contribution in [0.3, 0.4) is 0 Å². The molecular formula is C18H21N7O2. The van der Waals surface area contributed by atoms with Gasteiger partial charge in [0.25, 0.3) is 5.56 Å². The van der Waals surface area contributed by atoms with Crippen LogP contribution in [0.2, 0.25) is 0 Å². The van der Waals surface area contributed by atoms with E-state index in [1.54, 1.807) is 30.7 Å². The summed E-state index contributed by atoms with van der Waals surface area (Å²) >= 11 is 0. The highest BCUT2D eigenvalue weighted by molar-refractivity contribution is 5.95. The summed E-state index contributed by atoms with van der Waals surface area (Å²) in [6.45, 7) is 5.94. The predicted molar refractivity (Wildman–Crippen MR) is 101 cm³/mol. The molecule has 0 radical (unpaired) electrons. The molecule has 9 heteroatoms. The second-order valence-electron chi connectivity index (χ2n) is 6.39. The van der Waals surface area contributed by atoms with Crippen molar-refractivity contribution in [3.8, 4) is 0 Å². The van der Waals surface area contributed by atoms with Gasteiger partial charge in [0.2, 0.25) is 5.95 Å². The molecule has 27 heavy (non-hydrogen) atoms. The van der Waals surface area contributed by atoms with E-state index < -0.39 is 0 Å². The van der Waals surface area contributed by atoms with Gasteiger partial charge in [0.05, 0.1) is 6.20 Å². The third-order valence-corrected chi connectivity index (χ3v) is 4.74. The number of pyridine rings is 1. The van der Waals surface area contributed by atoms with E-state index in [0.717, 1.165) is 32.1 Å². The molecule has 4 rings (SSSR count). The lowest BCUT2D eigenvalue weighted by Gasteiger charge is -2.28. The van der Waals surface area contributed by atoms with Crippen LogP contribution in [-0.4, -0.2) is 56.3 Å². The smallest absolute Gasteiger partial charge is 0.293 e. The molecule has 0 amide bonds. The van der Waals surface area contributed by atoms with Crippen LogP contribution < -0.4 is 15.8 Å². The minimum atomic E-state index is -0.300. The molecule has 0 saturated carbocycles. The maximum Gasteiger partial charge on any atom is 0.293 e. The largest absolute Gasteiger partial charge is 0.340 e. The van der Waals surface area contributed by atoms with E-state index >= 15 is 0 Å². The highest BCUT2D eigenvalue weighted by atomic mass is 16.1. The monoisotopic (exact) mass is 367 g/mol. The molecule has 0 atom stereocenters. The Morgan fingerprint density at radius 2 is 1.96 bits per heavy atom. The SMILES string of the molecule is CCn1c(N2CCNCC2)nc2cnn(CC(=O)c3ccncc3)c(=O)c21. The van der Waals surface area contributed by atoms with Gasteiger partial charge in [-0.2, -0.15) is 5.10 Å². The first-order chi connectivity index (χ1) is 13.2. The van der Waals surface area contributed by atoms with E-state index in [0.29, 0.717) is 23.1 Å². The second-order valence-corrected chi connectivity index (χ2v) is 6.39. The second kappa shape index (κ2) is 7.28. The Hall–Kier alpha value is -3.07. The van der Waals surface area contributed by atoms with Gasteiger partial charge in [0, 0.05) is 50.7 Å². The fourth-order valence-electron chi connectivity index (χ4n) is 3.36. The van der Waals surface area contributed by atoms with Gasteiger partial charge in [-0.15, -0.1) is 0 Å². The number of imidazole rings is 1. The first-order valence-corrected chi connectivity index (χ1v) is 9.04. The van der Waals surface area contributed by atoms with Crippen molar-refractivity contribution < 1.29 is 4.79 Å². The van der Waals surface area contributed by atoms with E-state index in [1.807, 2.05) is 11.5 Å². The van der Waals surface area contributed by atoms with Crippen LogP contribution in [0.15, 0.2) is 35.5 Å². The highest BCUT2D eigenvalue weighted by Crippen LogP contribution is 2.20. The molecular weight excluding hydrogens is 346 g/mol. The van der Waals surface area contributed by atoms with Crippen molar-refractivity contribution in [1.29, 1.82) is 0 Å². The molecule has 0 aromatic carbocycles. The van der Waals surface area contributed by atoms with Gasteiger partial charge in [0.15, 0.2) is 5.78 Å². The number of aryl methyl sites for hydroxylation is 1. The fourth-order valence-corrected chi connectivity index (χ4v) is 3.36. The molecule has 1 saturated heterocycles. The molecule has 3 aromatic heterocycles. The van der Waals surface area contributed by atoms with Crippen LogP contribution in [0.5, 0.6) is 0 Å². The molecule has 0 spiro atoms. The maximum absolute atomic E-state index is 13.0. The van der Waals surface area contributed by atoms with Crippen molar-refractivity contribution in [3.63, 3.8) is 0 Å². The number of hydrogen-bond acceptors (Lipinski definition) is 7. The van der Waals surface area contributed by atoms with Crippen molar-refractivity contribution in [3.05, 3.63) is 46.6 Å². The molecule has 9 nitrogen and oxygen atoms in total. The summed E-state index contributed by atoms with van der Waals surface area (Å²) in [5.74, 6) is 0.599. The van der Waals surface area contributed by atoms with E-state index in [2.05, 4.69) is 25.3 Å². The average Bonchev–Trinajstić information content (AvgIpc) is 3.11. The molecule has 1 aliphatic rings. The van der Waals surface area contributed by atoms with E-state index in [4.69, 9.17) is 0 Å². The zero-order valence-electron chi connectivity index (χ0n) is 15.1. The minimum absolute atomic E-state index is 0.114. The summed E-state index contributed by atoms with van der Waals surface area (Å²) in [5, 5.41) is 7.48. The summed E-state index contributed by atoms with van der Waals surface area (Å²) < 4.78 is 3.12. The van der Waals surface area contributed by atoms with Gasteiger partial charge >= 0.3 is 0 Å². The number of ketones is 1. The lowest BCUT2D eigenvalue weighted by atomic mass is 10.2. The number of carbonyl (C=O) groups is 1. The molecule has 3 aromatic rings. The van der Waals surface area contributed by atoms with E-state index in [-0.39, 0.29) is 17.9 Å². The van der Waals surface area contributed by atoms with Gasteiger partial charge in [0.1, 0.15) is 17.6 Å². The van der Waals surface area contributed by atoms with E-state index in [1.165, 1.54) is 4.68 Å². The van der Waals surface area contributed by atoms with Crippen LogP contribution >= 0.6 is 0 Å². The van der Waals surface area contributed by atoms with Crippen LogP contribution in [0.1, 0.15) is 17.3 Å². The Kier molecular flexibility index (Phi) is 4.68. The fraction of sp³-hybridized carbons (Fsp3) is 0.389. The lowest BCUT2D eigenvalue weighted by molar-refractivity contribution is 0.0966. The van der Waals surface area contributed by atoms with Crippen LogP contribution in [0, 0.1) is 0 Å². The van der Waals surface area contributed by atoms with Crippen molar-refractivity contribution in [2.75, 3.05) is 31.1 Å². The van der Waals surface area contributed by atoms with Crippen LogP contribution in [0.4, 0.5) is 5.95 Å². The average molecular weight is 367 g/mol. The quantitative estimate of drug-likeness (QED) is 0.648. The summed E-state index contributed by atoms with van der Waals surface area (Å²) in [6.07, 6.45) is 4.67. The number of rotatable bonds is 5. The Balaban J connectivity index is 1.73. The number of carbonyl (C=O) groups excluding carboxylic acids is 1. The molecule has 1 fully saturated rings. The summed E-state index contributed by atoms with van der Waals surface area (Å²) in [5.41, 5.74) is 1.25. The molecule has 0 aliphatic carbocycles. The van der Waals surface area contributed by atoms with Gasteiger partial charge in [-0.3, -0.25) is 14.6 Å². The zero-order chi connectivity index (χ0) is 18.8. The van der Waals surface area contributed by atoms with Crippen LogP contribution in [-0.2, 0) is 13.1 Å². The Bertz CT molecular complexity index is 1020. The molecule has 4 heterocycles. The minimum Gasteiger partial charge on any atom is -0.340 e. The number of hydrogen-bond donors (Lipinski definition) is 1. The number of Topliss-reactive ketones (excluding diaryl/α,β-unsaturated/α-hetero) is 1. The molecule has 1 aliphatic heterocycles. The third-order valence-electron chi connectivity index (χ3n) is 4.74. The van der Waals surface area contributed by atoms with Gasteiger partial charge in [-0.05, 0) is 19.1 Å². The van der Waals surface area contributed by atoms with Gasteiger partial charge < -0.3 is 14.8 Å². The van der Waals surface area contributed by atoms with Crippen LogP contribution in [0.25, 0.3) is 11.0 Å². The number of anilines is 1. The first kappa shape index (κ1) is 17.3. The molecule has 0 unspecified atom stereocenters. The number of fused-ring (bicyclic) bond motifs is 1. The number of nitrogens with zero attached hydrogens (tertiary/aromatic N) is 6. The lowest BCUT2D eigenvalue weighted by Crippen LogP contribution is -2.44. The van der Waals surface area contributed by atoms with Gasteiger partial charge in [-0.25, -0.2) is 9.67 Å². The number of aromatic nitrogens is 5. The maximum atomic E-state index is 13.0. The number of nitrogens with one attached hydrogen (secondary N) is 1. The third kappa shape index (κ3) is 3.21. The molecule has 1 N–H and O–H groups in total. The van der Waals surface area contributed by atoms with Gasteiger partial charge in [-0.1, -0.05) is 0 Å². The summed E-state index contributed by atoms with van der Waals surface area (Å²) in [6, 6.07) is 3.26. The van der Waals surface area contributed by atoms with Crippen molar-refractivity contribution in [2.24, 2.45) is 0 Å². The zero-order valence-corrected chi connectivity index (χ0v) is 15.1. The summed E-state index contributed by atoms with van der Waals surface area (Å²) in [4.78, 5) is 36.2. The topological polar surface area (TPSA) is 97.9 Å². The van der Waals surface area contributed by atoms with Crippen molar-refractivity contribution in [2.45, 2.75) is 20.0 Å². The Labute approximate surface area is 155 Å². The highest BCUT2D eigenvalue weighted by Gasteiger charge is 2.21. The Morgan fingerprint density at radius 1 is 1.22 bits per heavy atom. The van der Waals surface area contributed by atoms with Crippen molar-refractivity contribution in [1.82, 2.24) is 29.6 Å². The Morgan fingerprint density at radius 3 is 2.67 bits per heavy atom. The molecule has 0 bridgehead atoms. The normalized spacial score (nSPS) is 14.6. The predicted octanol–water partition coefficient (Wildman–Crippen LogP) is 0.300. The van der Waals surface area contributed by atoms with E-state index in [9.17, 15) is 9.59 Å². The number of piperazine rings is 1. The molecule has 140 valence electrons. The standard InChI is InChI=1S/C18H21N7O2/c1-2-24-16-14(22-18(24)23-9-7-20-8-10-23)11-21-25(17(16)27)12-15(26)13-3-5-19-6-4-13/h3-6,11,20H,2,7-10,12H2,1H3.